The van der Waals surface area contributed by atoms with Gasteiger partial charge < -0.3 is 14.9 Å². The monoisotopic (exact) mass is 383 g/mol. The molecule has 0 radical (unpaired) electrons. The van der Waals surface area contributed by atoms with Crippen LogP contribution in [0.3, 0.4) is 0 Å². The highest BCUT2D eigenvalue weighted by Gasteiger charge is 2.13. The molecule has 6 heteroatoms. The van der Waals surface area contributed by atoms with E-state index in [4.69, 9.17) is 0 Å². The molecular formula is C21H21NO4S. The normalized spacial score (nSPS) is 11.4. The van der Waals surface area contributed by atoms with Crippen LogP contribution in [0.2, 0.25) is 0 Å². The Morgan fingerprint density at radius 1 is 0.963 bits per heavy atom. The van der Waals surface area contributed by atoms with E-state index >= 15 is 0 Å². The maximum absolute atomic E-state index is 12.4. The van der Waals surface area contributed by atoms with Crippen LogP contribution in [0.25, 0.3) is 0 Å². The summed E-state index contributed by atoms with van der Waals surface area (Å²) in [5, 5.41) is 2.67. The highest BCUT2D eigenvalue weighted by atomic mass is 32.2. The van der Waals surface area contributed by atoms with Crippen LogP contribution < -0.4 is 5.32 Å². The maximum Gasteiger partial charge on any atom is 0.230 e. The van der Waals surface area contributed by atoms with Crippen molar-refractivity contribution in [1.29, 1.82) is 0 Å². The first-order valence-electron chi connectivity index (χ1n) is 8.58. The van der Waals surface area contributed by atoms with Gasteiger partial charge in [0.05, 0.1) is 11.8 Å². The first-order valence-corrected chi connectivity index (χ1v) is 9.74. The van der Waals surface area contributed by atoms with Crippen molar-refractivity contribution >= 4 is 36.0 Å². The second-order valence-corrected chi connectivity index (χ2v) is 7.02. The summed E-state index contributed by atoms with van der Waals surface area (Å²) >= 11 is 1.35. The molecule has 2 aromatic carbocycles. The molecule has 0 aliphatic carbocycles. The number of thioether (sulfide) groups is 1. The number of amides is 1. The lowest BCUT2D eigenvalue weighted by molar-refractivity contribution is -0.121. The van der Waals surface area contributed by atoms with Gasteiger partial charge in [0, 0.05) is 23.3 Å². The lowest BCUT2D eigenvalue weighted by atomic mass is 10.00. The fourth-order valence-electron chi connectivity index (χ4n) is 2.48. The van der Waals surface area contributed by atoms with Gasteiger partial charge in [0.1, 0.15) is 12.6 Å². The standard InChI is InChI=1S/C21H21NO4S/c23-11-4-12-27-15-20(25)22-19(14-24)13-16-7-9-18(10-8-16)21(26)17-5-2-1-3-6-17/h1-3,5-11,14,19H,4,12-13,15H2,(H,22,25). The molecule has 1 atom stereocenters. The van der Waals surface area contributed by atoms with Crippen LogP contribution in [-0.2, 0) is 20.8 Å². The fourth-order valence-corrected chi connectivity index (χ4v) is 3.16. The number of rotatable bonds is 11. The summed E-state index contributed by atoms with van der Waals surface area (Å²) in [6, 6.07) is 15.4. The topological polar surface area (TPSA) is 80.3 Å². The lowest BCUT2D eigenvalue weighted by Gasteiger charge is -2.13. The summed E-state index contributed by atoms with van der Waals surface area (Å²) in [5.74, 6) is 0.496. The summed E-state index contributed by atoms with van der Waals surface area (Å²) in [4.78, 5) is 45.7. The molecule has 1 amide bonds. The fraction of sp³-hybridized carbons (Fsp3) is 0.238. The Morgan fingerprint density at radius 3 is 2.26 bits per heavy atom. The van der Waals surface area contributed by atoms with Gasteiger partial charge in [-0.1, -0.05) is 54.6 Å². The Labute approximate surface area is 162 Å². The molecule has 0 aliphatic rings. The van der Waals surface area contributed by atoms with Gasteiger partial charge in [-0.25, -0.2) is 0 Å². The van der Waals surface area contributed by atoms with Gasteiger partial charge in [-0.05, 0) is 12.0 Å². The van der Waals surface area contributed by atoms with Gasteiger partial charge in [-0.3, -0.25) is 9.59 Å². The molecule has 1 N–H and O–H groups in total. The summed E-state index contributed by atoms with van der Waals surface area (Å²) in [6.45, 7) is 0. The number of hydrogen-bond acceptors (Lipinski definition) is 5. The molecule has 0 fully saturated rings. The number of aldehydes is 2. The van der Waals surface area contributed by atoms with Gasteiger partial charge in [0.15, 0.2) is 5.78 Å². The van der Waals surface area contributed by atoms with Crippen molar-refractivity contribution in [1.82, 2.24) is 5.32 Å². The first-order chi connectivity index (χ1) is 13.1. The predicted molar refractivity (Wildman–Crippen MR) is 106 cm³/mol. The molecule has 27 heavy (non-hydrogen) atoms. The number of nitrogens with one attached hydrogen (secondary N) is 1. The van der Waals surface area contributed by atoms with Crippen LogP contribution in [0.15, 0.2) is 54.6 Å². The van der Waals surface area contributed by atoms with Gasteiger partial charge >= 0.3 is 0 Å². The van der Waals surface area contributed by atoms with Gasteiger partial charge in [0.25, 0.3) is 0 Å². The first kappa shape index (κ1) is 20.6. The molecule has 0 spiro atoms. The van der Waals surface area contributed by atoms with E-state index in [1.807, 2.05) is 18.2 Å². The van der Waals surface area contributed by atoms with E-state index in [1.165, 1.54) is 11.8 Å². The predicted octanol–water partition coefficient (Wildman–Crippen LogP) is 2.47. The second-order valence-electron chi connectivity index (χ2n) is 5.91. The number of benzene rings is 2. The lowest BCUT2D eigenvalue weighted by Crippen LogP contribution is -2.38. The van der Waals surface area contributed by atoms with Gasteiger partial charge in [0.2, 0.25) is 5.91 Å². The van der Waals surface area contributed by atoms with Gasteiger partial charge in [-0.2, -0.15) is 11.8 Å². The molecule has 1 unspecified atom stereocenters. The number of ketones is 1. The Hall–Kier alpha value is -2.73. The Balaban J connectivity index is 1.90. The number of carbonyl (C=O) groups is 4. The Morgan fingerprint density at radius 2 is 1.63 bits per heavy atom. The minimum Gasteiger partial charge on any atom is -0.346 e. The Kier molecular flexibility index (Phi) is 8.45. The number of hydrogen-bond donors (Lipinski definition) is 1. The third-order valence-electron chi connectivity index (χ3n) is 3.83. The van der Waals surface area contributed by atoms with Crippen molar-refractivity contribution in [3.05, 3.63) is 71.3 Å². The molecule has 140 valence electrons. The third kappa shape index (κ3) is 6.83. The molecule has 0 saturated carbocycles. The van der Waals surface area contributed by atoms with Crippen molar-refractivity contribution < 1.29 is 19.2 Å². The molecule has 0 aromatic heterocycles. The summed E-state index contributed by atoms with van der Waals surface area (Å²) in [5.41, 5.74) is 2.05. The van der Waals surface area contributed by atoms with Crippen LogP contribution in [0, 0.1) is 0 Å². The van der Waals surface area contributed by atoms with Crippen LogP contribution in [0.4, 0.5) is 0 Å². The molecule has 0 aliphatic heterocycles. The van der Waals surface area contributed by atoms with E-state index in [-0.39, 0.29) is 17.4 Å². The van der Waals surface area contributed by atoms with E-state index in [0.29, 0.717) is 36.0 Å². The largest absolute Gasteiger partial charge is 0.346 e. The van der Waals surface area contributed by atoms with Crippen molar-refractivity contribution in [2.75, 3.05) is 11.5 Å². The maximum atomic E-state index is 12.4. The van der Waals surface area contributed by atoms with E-state index in [2.05, 4.69) is 5.32 Å². The highest BCUT2D eigenvalue weighted by Crippen LogP contribution is 2.12. The van der Waals surface area contributed by atoms with Crippen LogP contribution in [0.5, 0.6) is 0 Å². The van der Waals surface area contributed by atoms with Crippen molar-refractivity contribution in [2.45, 2.75) is 18.9 Å². The minimum absolute atomic E-state index is 0.0604. The smallest absolute Gasteiger partial charge is 0.230 e. The van der Waals surface area contributed by atoms with E-state index in [9.17, 15) is 19.2 Å². The third-order valence-corrected chi connectivity index (χ3v) is 4.82. The van der Waals surface area contributed by atoms with Crippen molar-refractivity contribution in [3.63, 3.8) is 0 Å². The number of carbonyl (C=O) groups excluding carboxylic acids is 4. The Bertz CT molecular complexity index is 775. The quantitative estimate of drug-likeness (QED) is 0.366. The van der Waals surface area contributed by atoms with Crippen LogP contribution >= 0.6 is 11.8 Å². The summed E-state index contributed by atoms with van der Waals surface area (Å²) in [6.07, 6.45) is 2.28. The van der Waals surface area contributed by atoms with E-state index in [1.54, 1.807) is 36.4 Å². The van der Waals surface area contributed by atoms with Crippen molar-refractivity contribution in [2.24, 2.45) is 0 Å². The van der Waals surface area contributed by atoms with Crippen LogP contribution in [0.1, 0.15) is 27.9 Å². The SMILES string of the molecule is O=CCCSCC(=O)NC(C=O)Cc1ccc(C(=O)c2ccccc2)cc1. The van der Waals surface area contributed by atoms with E-state index < -0.39 is 6.04 Å². The highest BCUT2D eigenvalue weighted by molar-refractivity contribution is 7.99. The summed E-state index contributed by atoms with van der Waals surface area (Å²) in [7, 11) is 0. The van der Waals surface area contributed by atoms with E-state index in [0.717, 1.165) is 11.8 Å². The van der Waals surface area contributed by atoms with Crippen molar-refractivity contribution in [3.8, 4) is 0 Å². The second kappa shape index (κ2) is 11.1. The molecule has 0 heterocycles. The van der Waals surface area contributed by atoms with Gasteiger partial charge in [-0.15, -0.1) is 0 Å². The minimum atomic E-state index is -0.625. The average molecular weight is 383 g/mol. The molecule has 0 saturated heterocycles. The average Bonchev–Trinajstić information content (AvgIpc) is 2.71. The molecule has 0 bridgehead atoms. The molecular weight excluding hydrogens is 362 g/mol. The summed E-state index contributed by atoms with van der Waals surface area (Å²) < 4.78 is 0. The van der Waals surface area contributed by atoms with Crippen LogP contribution in [-0.4, -0.2) is 41.8 Å². The molecule has 2 rings (SSSR count). The molecule has 5 nitrogen and oxygen atoms in total. The zero-order valence-corrected chi connectivity index (χ0v) is 15.6. The molecule has 2 aromatic rings. The zero-order chi connectivity index (χ0) is 19.5. The zero-order valence-electron chi connectivity index (χ0n) is 14.8.